The summed E-state index contributed by atoms with van der Waals surface area (Å²) in [5, 5.41) is 9.10. The number of hydrogen-bond donors (Lipinski definition) is 0. The molecule has 4 aromatic rings. The number of rotatable bonds is 6. The fraction of sp³-hybridized carbons (Fsp3) is 0.286. The van der Waals surface area contributed by atoms with Crippen LogP contribution >= 0.6 is 0 Å². The van der Waals surface area contributed by atoms with Gasteiger partial charge in [0.25, 0.3) is 5.56 Å². The van der Waals surface area contributed by atoms with E-state index in [0.29, 0.717) is 47.6 Å². The van der Waals surface area contributed by atoms with Crippen LogP contribution in [0.25, 0.3) is 28.1 Å². The van der Waals surface area contributed by atoms with Gasteiger partial charge in [-0.1, -0.05) is 24.3 Å². The Morgan fingerprint density at radius 1 is 1.11 bits per heavy atom. The fourth-order valence-electron chi connectivity index (χ4n) is 3.32. The first kappa shape index (κ1) is 18.3. The van der Waals surface area contributed by atoms with Crippen molar-refractivity contribution in [1.29, 1.82) is 0 Å². The number of para-hydroxylation sites is 1. The standard InChI is InChI=1S/C21H21FN4O2/c1-14(2)28-12-6-11-25-20(27)17-9-3-4-10-18(17)26-19(23-24-21(25)26)15-7-5-8-16(22)13-15/h3-5,7-10,13-14H,6,11-12H2,1-2H3. The average molecular weight is 380 g/mol. The zero-order valence-electron chi connectivity index (χ0n) is 15.8. The third kappa shape index (κ3) is 3.29. The van der Waals surface area contributed by atoms with Crippen molar-refractivity contribution in [1.82, 2.24) is 19.2 Å². The Kier molecular flexibility index (Phi) is 4.92. The number of ether oxygens (including phenoxy) is 1. The van der Waals surface area contributed by atoms with E-state index in [2.05, 4.69) is 10.2 Å². The van der Waals surface area contributed by atoms with E-state index in [0.717, 1.165) is 0 Å². The molecule has 2 aromatic heterocycles. The normalized spacial score (nSPS) is 11.7. The van der Waals surface area contributed by atoms with Gasteiger partial charge in [0, 0.05) is 18.7 Å². The molecule has 144 valence electrons. The van der Waals surface area contributed by atoms with Gasteiger partial charge in [0.1, 0.15) is 5.82 Å². The number of hydrogen-bond acceptors (Lipinski definition) is 4. The van der Waals surface area contributed by atoms with Crippen LogP contribution < -0.4 is 5.56 Å². The summed E-state index contributed by atoms with van der Waals surface area (Å²) in [7, 11) is 0. The molecule has 0 spiro atoms. The lowest BCUT2D eigenvalue weighted by atomic mass is 10.2. The molecule has 0 saturated heterocycles. The number of aromatic nitrogens is 4. The Bertz CT molecular complexity index is 1200. The third-order valence-electron chi connectivity index (χ3n) is 4.57. The van der Waals surface area contributed by atoms with Crippen molar-refractivity contribution < 1.29 is 9.13 Å². The van der Waals surface area contributed by atoms with Crippen LogP contribution in [0.4, 0.5) is 4.39 Å². The summed E-state index contributed by atoms with van der Waals surface area (Å²) in [6.07, 6.45) is 0.815. The minimum absolute atomic E-state index is 0.120. The second kappa shape index (κ2) is 7.52. The number of fused-ring (bicyclic) bond motifs is 3. The van der Waals surface area contributed by atoms with Crippen LogP contribution in [0, 0.1) is 5.82 Å². The molecule has 0 radical (unpaired) electrons. The van der Waals surface area contributed by atoms with Gasteiger partial charge in [0.2, 0.25) is 5.78 Å². The Morgan fingerprint density at radius 2 is 1.93 bits per heavy atom. The van der Waals surface area contributed by atoms with E-state index < -0.39 is 0 Å². The van der Waals surface area contributed by atoms with Gasteiger partial charge in [0.15, 0.2) is 5.82 Å². The maximum atomic E-state index is 13.8. The van der Waals surface area contributed by atoms with Gasteiger partial charge < -0.3 is 4.74 Å². The average Bonchev–Trinajstić information content (AvgIpc) is 3.12. The highest BCUT2D eigenvalue weighted by atomic mass is 19.1. The van der Waals surface area contributed by atoms with E-state index in [4.69, 9.17) is 4.74 Å². The Hall–Kier alpha value is -3.06. The molecular formula is C21H21FN4O2. The van der Waals surface area contributed by atoms with Gasteiger partial charge in [-0.2, -0.15) is 0 Å². The quantitative estimate of drug-likeness (QED) is 0.479. The highest BCUT2D eigenvalue weighted by molar-refractivity contribution is 5.82. The molecule has 0 atom stereocenters. The predicted molar refractivity (Wildman–Crippen MR) is 106 cm³/mol. The largest absolute Gasteiger partial charge is 0.379 e. The number of benzene rings is 2. The van der Waals surface area contributed by atoms with E-state index >= 15 is 0 Å². The monoisotopic (exact) mass is 380 g/mol. The van der Waals surface area contributed by atoms with E-state index in [-0.39, 0.29) is 17.5 Å². The topological polar surface area (TPSA) is 61.4 Å². The van der Waals surface area contributed by atoms with Crippen molar-refractivity contribution in [3.63, 3.8) is 0 Å². The van der Waals surface area contributed by atoms with Crippen molar-refractivity contribution in [3.8, 4) is 11.4 Å². The van der Waals surface area contributed by atoms with Crippen molar-refractivity contribution in [2.45, 2.75) is 32.9 Å². The molecule has 0 bridgehead atoms. The van der Waals surface area contributed by atoms with Crippen molar-refractivity contribution >= 4 is 16.7 Å². The predicted octanol–water partition coefficient (Wildman–Crippen LogP) is 3.67. The second-order valence-electron chi connectivity index (χ2n) is 6.92. The molecule has 28 heavy (non-hydrogen) atoms. The van der Waals surface area contributed by atoms with Crippen LogP contribution in [0.3, 0.4) is 0 Å². The second-order valence-corrected chi connectivity index (χ2v) is 6.92. The molecule has 4 rings (SSSR count). The van der Waals surface area contributed by atoms with Crippen molar-refractivity contribution in [2.75, 3.05) is 6.61 Å². The smallest absolute Gasteiger partial charge is 0.262 e. The SMILES string of the molecule is CC(C)OCCCn1c(=O)c2ccccc2n2c(-c3cccc(F)c3)nnc12. The summed E-state index contributed by atoms with van der Waals surface area (Å²) < 4.78 is 22.8. The molecule has 0 aliphatic heterocycles. The summed E-state index contributed by atoms with van der Waals surface area (Å²) in [4.78, 5) is 13.1. The molecule has 2 heterocycles. The first-order valence-electron chi connectivity index (χ1n) is 9.30. The van der Waals surface area contributed by atoms with Gasteiger partial charge in [-0.05, 0) is 44.5 Å². The van der Waals surface area contributed by atoms with E-state index in [1.807, 2.05) is 36.4 Å². The molecule has 0 fully saturated rings. The molecule has 2 aromatic carbocycles. The van der Waals surface area contributed by atoms with Crippen LogP contribution in [0.15, 0.2) is 53.3 Å². The Balaban J connectivity index is 1.90. The fourth-order valence-corrected chi connectivity index (χ4v) is 3.32. The van der Waals surface area contributed by atoms with E-state index in [1.165, 1.54) is 12.1 Å². The van der Waals surface area contributed by atoms with Gasteiger partial charge in [-0.15, -0.1) is 10.2 Å². The Labute approximate surface area is 161 Å². The van der Waals surface area contributed by atoms with E-state index in [1.54, 1.807) is 22.8 Å². The van der Waals surface area contributed by atoms with Crippen molar-refractivity contribution in [3.05, 3.63) is 64.7 Å². The first-order valence-corrected chi connectivity index (χ1v) is 9.30. The highest BCUT2D eigenvalue weighted by Crippen LogP contribution is 2.23. The number of aryl methyl sites for hydroxylation is 1. The number of halogens is 1. The molecule has 0 saturated carbocycles. The van der Waals surface area contributed by atoms with Crippen molar-refractivity contribution in [2.24, 2.45) is 0 Å². The zero-order chi connectivity index (χ0) is 19.7. The van der Waals surface area contributed by atoms with Crippen LogP contribution in [0.2, 0.25) is 0 Å². The summed E-state index contributed by atoms with van der Waals surface area (Å²) in [5.41, 5.74) is 1.18. The van der Waals surface area contributed by atoms with Gasteiger partial charge in [-0.25, -0.2) is 4.39 Å². The molecule has 0 unspecified atom stereocenters. The van der Waals surface area contributed by atoms with Gasteiger partial charge in [-0.3, -0.25) is 13.8 Å². The molecule has 0 N–H and O–H groups in total. The lowest BCUT2D eigenvalue weighted by Crippen LogP contribution is -2.24. The summed E-state index contributed by atoms with van der Waals surface area (Å²) in [6.45, 7) is 4.96. The zero-order valence-corrected chi connectivity index (χ0v) is 15.8. The summed E-state index contributed by atoms with van der Waals surface area (Å²) in [5.74, 6) is 0.586. The molecule has 0 amide bonds. The van der Waals surface area contributed by atoms with Crippen LogP contribution in [0.5, 0.6) is 0 Å². The van der Waals surface area contributed by atoms with Crippen LogP contribution in [-0.4, -0.2) is 31.9 Å². The van der Waals surface area contributed by atoms with E-state index in [9.17, 15) is 9.18 Å². The lowest BCUT2D eigenvalue weighted by molar-refractivity contribution is 0.0748. The molecule has 6 nitrogen and oxygen atoms in total. The molecule has 0 aliphatic carbocycles. The maximum Gasteiger partial charge on any atom is 0.262 e. The summed E-state index contributed by atoms with van der Waals surface area (Å²) >= 11 is 0. The van der Waals surface area contributed by atoms with Gasteiger partial charge >= 0.3 is 0 Å². The van der Waals surface area contributed by atoms with Crippen LogP contribution in [0.1, 0.15) is 20.3 Å². The summed E-state index contributed by atoms with van der Waals surface area (Å²) in [6, 6.07) is 13.5. The minimum Gasteiger partial charge on any atom is -0.379 e. The molecule has 7 heteroatoms. The Morgan fingerprint density at radius 3 is 2.71 bits per heavy atom. The lowest BCUT2D eigenvalue weighted by Gasteiger charge is -2.12. The third-order valence-corrected chi connectivity index (χ3v) is 4.57. The maximum absolute atomic E-state index is 13.8. The molecular weight excluding hydrogens is 359 g/mol. The first-order chi connectivity index (χ1) is 13.6. The van der Waals surface area contributed by atoms with Crippen LogP contribution in [-0.2, 0) is 11.3 Å². The highest BCUT2D eigenvalue weighted by Gasteiger charge is 2.17. The minimum atomic E-state index is -0.349. The number of nitrogens with zero attached hydrogens (tertiary/aromatic N) is 4. The van der Waals surface area contributed by atoms with Gasteiger partial charge in [0.05, 0.1) is 17.0 Å². The molecule has 0 aliphatic rings.